The Bertz CT molecular complexity index is 1370. The van der Waals surface area contributed by atoms with Gasteiger partial charge in [-0.05, 0) is 30.7 Å². The van der Waals surface area contributed by atoms with Crippen molar-refractivity contribution in [2.45, 2.75) is 13.5 Å². The molecule has 0 unspecified atom stereocenters. The predicted octanol–water partition coefficient (Wildman–Crippen LogP) is 2.52. The summed E-state index contributed by atoms with van der Waals surface area (Å²) in [7, 11) is 1.61. The van der Waals surface area contributed by atoms with Gasteiger partial charge in [-0.2, -0.15) is 0 Å². The third kappa shape index (κ3) is 3.74. The zero-order valence-electron chi connectivity index (χ0n) is 18.0. The highest BCUT2D eigenvalue weighted by atomic mass is 32.1. The maximum atomic E-state index is 12.3. The number of hydrogen-bond donors (Lipinski definition) is 2. The van der Waals surface area contributed by atoms with Gasteiger partial charge >= 0.3 is 0 Å². The molecule has 0 saturated carbocycles. The van der Waals surface area contributed by atoms with E-state index in [0.29, 0.717) is 10.4 Å². The number of rotatable bonds is 4. The van der Waals surface area contributed by atoms with Gasteiger partial charge < -0.3 is 15.2 Å². The van der Waals surface area contributed by atoms with Crippen LogP contribution in [-0.4, -0.2) is 59.0 Å². The van der Waals surface area contributed by atoms with Crippen LogP contribution in [0.5, 0.6) is 0 Å². The lowest BCUT2D eigenvalue weighted by Crippen LogP contribution is -2.46. The normalized spacial score (nSPS) is 14.9. The van der Waals surface area contributed by atoms with Gasteiger partial charge in [0.05, 0.1) is 27.9 Å². The van der Waals surface area contributed by atoms with Gasteiger partial charge in [-0.3, -0.25) is 14.5 Å². The molecule has 1 aromatic carbocycles. The lowest BCUT2D eigenvalue weighted by molar-refractivity contribution is 0.0958. The molecule has 1 saturated heterocycles. The Kier molecular flexibility index (Phi) is 5.36. The monoisotopic (exact) mass is 448 g/mol. The summed E-state index contributed by atoms with van der Waals surface area (Å²) in [5, 5.41) is 3.60. The Hall–Kier alpha value is -3.30. The SMILES string of the molecule is CNC(=O)c1ccc(N2CCN(Cc3ccc4c(c3)[nH]c(=O)c3scnc34)CC2)c(C)n1. The molecule has 1 aliphatic rings. The molecule has 0 spiro atoms. The molecule has 0 atom stereocenters. The van der Waals surface area contributed by atoms with Crippen LogP contribution in [0.25, 0.3) is 21.1 Å². The van der Waals surface area contributed by atoms with Gasteiger partial charge in [-0.25, -0.2) is 9.97 Å². The second-order valence-corrected chi connectivity index (χ2v) is 8.86. The molecule has 32 heavy (non-hydrogen) atoms. The van der Waals surface area contributed by atoms with Gasteiger partial charge in [0.25, 0.3) is 11.5 Å². The van der Waals surface area contributed by atoms with Crippen LogP contribution in [0.3, 0.4) is 0 Å². The number of aromatic amines is 1. The Morgan fingerprint density at radius 2 is 2.00 bits per heavy atom. The van der Waals surface area contributed by atoms with Crippen LogP contribution < -0.4 is 15.8 Å². The first-order valence-electron chi connectivity index (χ1n) is 10.6. The topological polar surface area (TPSA) is 94.2 Å². The van der Waals surface area contributed by atoms with Crippen LogP contribution in [-0.2, 0) is 6.54 Å². The van der Waals surface area contributed by atoms with E-state index in [4.69, 9.17) is 0 Å². The summed E-state index contributed by atoms with van der Waals surface area (Å²) in [6.45, 7) is 6.42. The van der Waals surface area contributed by atoms with Crippen molar-refractivity contribution in [1.82, 2.24) is 25.2 Å². The minimum Gasteiger partial charge on any atom is -0.368 e. The number of carbonyl (C=O) groups excluding carboxylic acids is 1. The number of pyridine rings is 2. The Morgan fingerprint density at radius 3 is 2.75 bits per heavy atom. The molecule has 8 nitrogen and oxygen atoms in total. The second-order valence-electron chi connectivity index (χ2n) is 8.01. The molecule has 0 radical (unpaired) electrons. The number of aryl methyl sites for hydroxylation is 1. The molecule has 1 amide bonds. The summed E-state index contributed by atoms with van der Waals surface area (Å²) in [5.74, 6) is -0.170. The van der Waals surface area contributed by atoms with Gasteiger partial charge in [-0.15, -0.1) is 11.3 Å². The molecular weight excluding hydrogens is 424 g/mol. The highest BCUT2D eigenvalue weighted by Crippen LogP contribution is 2.25. The summed E-state index contributed by atoms with van der Waals surface area (Å²) >= 11 is 1.37. The zero-order valence-corrected chi connectivity index (χ0v) is 18.8. The summed E-state index contributed by atoms with van der Waals surface area (Å²) in [4.78, 5) is 40.7. The third-order valence-corrected chi connectivity index (χ3v) is 6.82. The maximum Gasteiger partial charge on any atom is 0.269 e. The molecule has 5 rings (SSSR count). The number of amides is 1. The van der Waals surface area contributed by atoms with E-state index in [1.165, 1.54) is 16.9 Å². The van der Waals surface area contributed by atoms with Gasteiger partial charge in [0.1, 0.15) is 10.4 Å². The lowest BCUT2D eigenvalue weighted by atomic mass is 10.1. The molecule has 0 aliphatic carbocycles. The fourth-order valence-corrected chi connectivity index (χ4v) is 5.02. The van der Waals surface area contributed by atoms with E-state index in [1.807, 2.05) is 13.0 Å². The van der Waals surface area contributed by atoms with Crippen LogP contribution in [0, 0.1) is 6.92 Å². The molecule has 164 valence electrons. The highest BCUT2D eigenvalue weighted by Gasteiger charge is 2.20. The van der Waals surface area contributed by atoms with E-state index in [-0.39, 0.29) is 11.5 Å². The van der Waals surface area contributed by atoms with Crippen molar-refractivity contribution in [2.24, 2.45) is 0 Å². The predicted molar refractivity (Wildman–Crippen MR) is 128 cm³/mol. The molecule has 3 aromatic heterocycles. The number of nitrogens with zero attached hydrogens (tertiary/aromatic N) is 4. The smallest absolute Gasteiger partial charge is 0.269 e. The molecule has 9 heteroatoms. The Labute approximate surface area is 188 Å². The summed E-state index contributed by atoms with van der Waals surface area (Å²) < 4.78 is 0.675. The largest absolute Gasteiger partial charge is 0.368 e. The first kappa shape index (κ1) is 20.6. The van der Waals surface area contributed by atoms with Gasteiger partial charge in [0, 0.05) is 45.2 Å². The van der Waals surface area contributed by atoms with Crippen molar-refractivity contribution in [3.63, 3.8) is 0 Å². The number of aromatic nitrogens is 3. The first-order chi connectivity index (χ1) is 15.5. The van der Waals surface area contributed by atoms with Gasteiger partial charge in [-0.1, -0.05) is 12.1 Å². The number of piperazine rings is 1. The third-order valence-electron chi connectivity index (χ3n) is 6.00. The average Bonchev–Trinajstić information content (AvgIpc) is 3.30. The Balaban J connectivity index is 1.28. The number of hydrogen-bond acceptors (Lipinski definition) is 7. The second kappa shape index (κ2) is 8.33. The summed E-state index contributed by atoms with van der Waals surface area (Å²) in [6.07, 6.45) is 0. The zero-order chi connectivity index (χ0) is 22.2. The minimum absolute atomic E-state index is 0.0767. The standard InChI is InChI=1S/C23H24N6O2S/c1-14-19(6-5-17(26-14)22(30)24-2)29-9-7-28(8-10-29)12-15-3-4-16-18(11-15)27-23(31)21-20(16)25-13-32-21/h3-6,11,13H,7-10,12H2,1-2H3,(H,24,30)(H,27,31). The van der Waals surface area contributed by atoms with Crippen molar-refractivity contribution >= 4 is 44.1 Å². The van der Waals surface area contributed by atoms with Crippen LogP contribution in [0.15, 0.2) is 40.6 Å². The lowest BCUT2D eigenvalue weighted by Gasteiger charge is -2.36. The molecule has 1 aliphatic heterocycles. The summed E-state index contributed by atoms with van der Waals surface area (Å²) in [5.41, 5.74) is 6.81. The van der Waals surface area contributed by atoms with Crippen molar-refractivity contribution in [3.05, 3.63) is 63.1 Å². The summed E-state index contributed by atoms with van der Waals surface area (Å²) in [6, 6.07) is 10.0. The van der Waals surface area contributed by atoms with E-state index in [1.54, 1.807) is 18.6 Å². The van der Waals surface area contributed by atoms with E-state index >= 15 is 0 Å². The molecule has 4 heterocycles. The van der Waals surface area contributed by atoms with Gasteiger partial charge in [0.15, 0.2) is 0 Å². The van der Waals surface area contributed by atoms with E-state index in [9.17, 15) is 9.59 Å². The van der Waals surface area contributed by atoms with Crippen molar-refractivity contribution < 1.29 is 4.79 Å². The highest BCUT2D eigenvalue weighted by molar-refractivity contribution is 7.16. The number of fused-ring (bicyclic) bond motifs is 3. The first-order valence-corrected chi connectivity index (χ1v) is 11.5. The molecule has 4 aromatic rings. The average molecular weight is 449 g/mol. The van der Waals surface area contributed by atoms with Gasteiger partial charge in [0.2, 0.25) is 0 Å². The quantitative estimate of drug-likeness (QED) is 0.498. The number of thiazole rings is 1. The van der Waals surface area contributed by atoms with E-state index in [0.717, 1.165) is 60.5 Å². The van der Waals surface area contributed by atoms with Crippen LogP contribution in [0.2, 0.25) is 0 Å². The number of anilines is 1. The van der Waals surface area contributed by atoms with Crippen LogP contribution in [0.1, 0.15) is 21.7 Å². The van der Waals surface area contributed by atoms with Crippen molar-refractivity contribution in [3.8, 4) is 0 Å². The molecule has 0 bridgehead atoms. The number of nitrogens with one attached hydrogen (secondary N) is 2. The molecular formula is C23H24N6O2S. The maximum absolute atomic E-state index is 12.3. The van der Waals surface area contributed by atoms with E-state index in [2.05, 4.69) is 48.3 Å². The minimum atomic E-state index is -0.170. The van der Waals surface area contributed by atoms with Crippen LogP contribution in [0.4, 0.5) is 5.69 Å². The number of carbonyl (C=O) groups is 1. The fraction of sp³-hybridized carbons (Fsp3) is 0.304. The molecule has 2 N–H and O–H groups in total. The molecule has 1 fully saturated rings. The number of benzene rings is 1. The number of H-pyrrole nitrogens is 1. The van der Waals surface area contributed by atoms with E-state index < -0.39 is 0 Å². The Morgan fingerprint density at radius 1 is 1.19 bits per heavy atom. The van der Waals surface area contributed by atoms with Crippen molar-refractivity contribution in [1.29, 1.82) is 0 Å². The fourth-order valence-electron chi connectivity index (χ4n) is 4.33. The van der Waals surface area contributed by atoms with Crippen LogP contribution >= 0.6 is 11.3 Å². The van der Waals surface area contributed by atoms with Crippen molar-refractivity contribution in [2.75, 3.05) is 38.1 Å².